The second kappa shape index (κ2) is 22.2. The number of aryl methyl sites for hydroxylation is 1. The lowest BCUT2D eigenvalue weighted by molar-refractivity contribution is -0.156. The SMILES string of the molecule is COc1ccc(C[C@@H](NC(=O)/C=C/C[C@H](O)[C@H](C)/C=C/c2cnn(C)c2)C(=O)NCC(C)(C)C(=O)O[C@H](C=[SH]CCNC(C)=O)CC(C)C)cc1Cl. The highest BCUT2D eigenvalue weighted by Gasteiger charge is 2.33. The van der Waals surface area contributed by atoms with Crippen LogP contribution in [-0.4, -0.2) is 88.1 Å². The minimum absolute atomic E-state index is 0.0401. The van der Waals surface area contributed by atoms with Gasteiger partial charge in [0.25, 0.3) is 0 Å². The lowest BCUT2D eigenvalue weighted by Crippen LogP contribution is -2.50. The Bertz CT molecular complexity index is 1570. The van der Waals surface area contributed by atoms with Crippen molar-refractivity contribution in [1.82, 2.24) is 25.7 Å². The van der Waals surface area contributed by atoms with Crippen molar-refractivity contribution in [2.45, 2.75) is 79.1 Å². The van der Waals surface area contributed by atoms with E-state index in [1.54, 1.807) is 49.0 Å². The monoisotopic (exact) mass is 761 g/mol. The number of carbonyl (C=O) groups excluding carboxylic acids is 4. The van der Waals surface area contributed by atoms with Crippen LogP contribution in [0.2, 0.25) is 5.02 Å². The van der Waals surface area contributed by atoms with Crippen molar-refractivity contribution in [1.29, 1.82) is 0 Å². The van der Waals surface area contributed by atoms with Crippen molar-refractivity contribution >= 4 is 58.1 Å². The van der Waals surface area contributed by atoms with E-state index >= 15 is 0 Å². The second-order valence-corrected chi connectivity index (χ2v) is 15.3. The first-order valence-corrected chi connectivity index (χ1v) is 18.9. The van der Waals surface area contributed by atoms with Crippen LogP contribution in [0.1, 0.15) is 65.5 Å². The van der Waals surface area contributed by atoms with Gasteiger partial charge >= 0.3 is 5.97 Å². The molecule has 1 aromatic heterocycles. The molecule has 3 amide bonds. The van der Waals surface area contributed by atoms with E-state index in [0.29, 0.717) is 35.1 Å². The largest absolute Gasteiger partial charge is 0.495 e. The molecule has 12 nitrogen and oxygen atoms in total. The van der Waals surface area contributed by atoms with Crippen molar-refractivity contribution in [3.8, 4) is 5.75 Å². The van der Waals surface area contributed by atoms with Gasteiger partial charge in [0.05, 0.1) is 29.8 Å². The molecule has 4 atom stereocenters. The van der Waals surface area contributed by atoms with Crippen LogP contribution in [0.4, 0.5) is 0 Å². The summed E-state index contributed by atoms with van der Waals surface area (Å²) in [7, 11) is 3.33. The molecule has 0 saturated heterocycles. The molecule has 14 heteroatoms. The zero-order chi connectivity index (χ0) is 38.8. The first kappa shape index (κ1) is 44.2. The first-order valence-electron chi connectivity index (χ1n) is 17.4. The normalized spacial score (nSPS) is 14.5. The van der Waals surface area contributed by atoms with E-state index < -0.39 is 41.4 Å². The molecule has 0 fully saturated rings. The lowest BCUT2D eigenvalue weighted by atomic mass is 9.93. The summed E-state index contributed by atoms with van der Waals surface area (Å²) in [6.07, 6.45) is 10.0. The Labute approximate surface area is 316 Å². The third kappa shape index (κ3) is 16.6. The number of rotatable bonds is 21. The molecule has 0 aliphatic rings. The number of hydrogen-bond donors (Lipinski definition) is 5. The van der Waals surface area contributed by atoms with Crippen LogP contribution in [-0.2, 0) is 37.4 Å². The van der Waals surface area contributed by atoms with E-state index in [9.17, 15) is 24.3 Å². The number of aliphatic hydroxyl groups is 1. The molecule has 0 unspecified atom stereocenters. The van der Waals surface area contributed by atoms with Crippen LogP contribution >= 0.6 is 23.0 Å². The number of carbonyl (C=O) groups is 4. The first-order chi connectivity index (χ1) is 24.5. The molecular formula is C38H56ClN5O7S. The van der Waals surface area contributed by atoms with Crippen LogP contribution in [0.15, 0.2) is 48.8 Å². The van der Waals surface area contributed by atoms with Gasteiger partial charge in [-0.2, -0.15) is 16.4 Å². The van der Waals surface area contributed by atoms with Gasteiger partial charge in [-0.3, -0.25) is 23.9 Å². The number of aliphatic hydroxyl groups excluding tert-OH is 1. The third-order valence-corrected chi connectivity index (χ3v) is 9.29. The highest BCUT2D eigenvalue weighted by molar-refractivity contribution is 7.97. The number of halogens is 1. The average Bonchev–Trinajstić information content (AvgIpc) is 3.49. The fourth-order valence-electron chi connectivity index (χ4n) is 4.84. The summed E-state index contributed by atoms with van der Waals surface area (Å²) >= 11 is 7.27. The van der Waals surface area contributed by atoms with Gasteiger partial charge in [-0.1, -0.05) is 56.7 Å². The molecule has 1 heterocycles. The van der Waals surface area contributed by atoms with Crippen molar-refractivity contribution in [2.75, 3.05) is 26.0 Å². The van der Waals surface area contributed by atoms with E-state index in [4.69, 9.17) is 21.1 Å². The van der Waals surface area contributed by atoms with Gasteiger partial charge in [0.15, 0.2) is 0 Å². The average molecular weight is 762 g/mol. The summed E-state index contributed by atoms with van der Waals surface area (Å²) in [6, 6.07) is 4.10. The topological polar surface area (TPSA) is 161 Å². The molecular weight excluding hydrogens is 706 g/mol. The summed E-state index contributed by atoms with van der Waals surface area (Å²) in [5.41, 5.74) is 0.518. The van der Waals surface area contributed by atoms with E-state index in [1.165, 1.54) is 20.1 Å². The van der Waals surface area contributed by atoms with Gasteiger partial charge in [0, 0.05) is 56.9 Å². The van der Waals surface area contributed by atoms with E-state index in [2.05, 4.69) is 21.0 Å². The summed E-state index contributed by atoms with van der Waals surface area (Å²) in [6.45, 7) is 11.3. The number of hydrogen-bond acceptors (Lipinski definition) is 8. The maximum atomic E-state index is 13.6. The standard InChI is InChI=1S/C38H56ClN5O7S/c1-25(2)18-30(23-52-17-16-40-27(4)45)51-37(49)38(5,6)24-41-36(48)32(20-28-14-15-34(50-8)31(39)19-28)43-35(47)11-9-10-33(46)26(3)12-13-29-21-42-44(7)22-29/h9,11-15,19,21-23,25-26,30,32-33,46,52H,10,16-18,20,24H2,1-8H3,(H,40,45)(H,41,48)(H,43,47)/b11-9+,13-12+/t26-,30+,32-,33+/m1/s1. The molecule has 0 saturated carbocycles. The Hall–Kier alpha value is -3.94. The Balaban J connectivity index is 2.09. The van der Waals surface area contributed by atoms with Gasteiger partial charge < -0.3 is 30.5 Å². The molecule has 288 valence electrons. The van der Waals surface area contributed by atoms with Gasteiger partial charge in [-0.25, -0.2) is 0 Å². The number of amides is 3. The molecule has 0 bridgehead atoms. The van der Waals surface area contributed by atoms with E-state index in [-0.39, 0.29) is 37.1 Å². The van der Waals surface area contributed by atoms with E-state index in [0.717, 1.165) is 16.9 Å². The van der Waals surface area contributed by atoms with Crippen molar-refractivity contribution < 1.29 is 33.8 Å². The Morgan fingerprint density at radius 1 is 1.15 bits per heavy atom. The van der Waals surface area contributed by atoms with Crippen molar-refractivity contribution in [3.63, 3.8) is 0 Å². The maximum absolute atomic E-state index is 13.6. The zero-order valence-corrected chi connectivity index (χ0v) is 33.2. The fraction of sp³-hybridized carbons (Fsp3) is 0.526. The number of aromatic nitrogens is 2. The fourth-order valence-corrected chi connectivity index (χ4v) is 5.93. The van der Waals surface area contributed by atoms with Crippen LogP contribution in [0.3, 0.4) is 0 Å². The number of esters is 1. The lowest BCUT2D eigenvalue weighted by Gasteiger charge is -2.27. The van der Waals surface area contributed by atoms with Gasteiger partial charge in [-0.05, 0) is 61.7 Å². The summed E-state index contributed by atoms with van der Waals surface area (Å²) in [5.74, 6) is -0.331. The van der Waals surface area contributed by atoms with E-state index in [1.807, 2.05) is 51.5 Å². The molecule has 0 radical (unpaired) electrons. The summed E-state index contributed by atoms with van der Waals surface area (Å²) in [5, 5.41) is 25.4. The smallest absolute Gasteiger partial charge is 0.313 e. The van der Waals surface area contributed by atoms with Crippen LogP contribution in [0.5, 0.6) is 5.75 Å². The van der Waals surface area contributed by atoms with Crippen molar-refractivity contribution in [3.05, 3.63) is 65.0 Å². The Morgan fingerprint density at radius 3 is 2.50 bits per heavy atom. The summed E-state index contributed by atoms with van der Waals surface area (Å²) < 4.78 is 12.8. The highest BCUT2D eigenvalue weighted by Crippen LogP contribution is 2.26. The Morgan fingerprint density at radius 2 is 1.88 bits per heavy atom. The molecule has 2 aromatic rings. The minimum atomic E-state index is -1.08. The highest BCUT2D eigenvalue weighted by atomic mass is 35.5. The maximum Gasteiger partial charge on any atom is 0.313 e. The molecule has 0 aliphatic carbocycles. The number of nitrogens with one attached hydrogen (secondary N) is 3. The zero-order valence-electron chi connectivity index (χ0n) is 31.5. The molecule has 52 heavy (non-hydrogen) atoms. The quantitative estimate of drug-likeness (QED) is 0.0415. The number of methoxy groups -OCH3 is 1. The third-order valence-electron chi connectivity index (χ3n) is 7.97. The molecule has 4 N–H and O–H groups in total. The number of thiol groups is 1. The van der Waals surface area contributed by atoms with Crippen LogP contribution in [0, 0.1) is 17.3 Å². The van der Waals surface area contributed by atoms with Crippen molar-refractivity contribution in [2.24, 2.45) is 24.3 Å². The number of ether oxygens (including phenoxy) is 2. The predicted molar refractivity (Wildman–Crippen MR) is 210 cm³/mol. The number of benzene rings is 1. The Kier molecular flexibility index (Phi) is 18.9. The molecule has 0 aliphatic heterocycles. The predicted octanol–water partition coefficient (Wildman–Crippen LogP) is 4.27. The number of nitrogens with zero attached hydrogens (tertiary/aromatic N) is 2. The van der Waals surface area contributed by atoms with Crippen LogP contribution < -0.4 is 20.7 Å². The summed E-state index contributed by atoms with van der Waals surface area (Å²) in [4.78, 5) is 51.1. The molecule has 0 spiro atoms. The van der Waals surface area contributed by atoms with Crippen LogP contribution in [0.25, 0.3) is 6.08 Å². The molecule has 2 rings (SSSR count). The van der Waals surface area contributed by atoms with Gasteiger partial charge in [0.1, 0.15) is 17.9 Å². The van der Waals surface area contributed by atoms with Gasteiger partial charge in [-0.15, -0.1) is 0 Å². The second-order valence-electron chi connectivity index (χ2n) is 13.8. The minimum Gasteiger partial charge on any atom is -0.495 e. The van der Waals surface area contributed by atoms with Gasteiger partial charge in [0.2, 0.25) is 17.7 Å². The molecule has 1 aromatic carbocycles.